The molecule has 6 nitrogen and oxygen atoms in total. The van der Waals surface area contributed by atoms with Gasteiger partial charge in [-0.3, -0.25) is 9.59 Å². The van der Waals surface area contributed by atoms with Gasteiger partial charge in [-0.1, -0.05) is 30.3 Å². The monoisotopic (exact) mass is 308 g/mol. The van der Waals surface area contributed by atoms with Crippen molar-refractivity contribution >= 4 is 11.9 Å². The number of carbonyl (C=O) groups excluding carboxylic acids is 2. The number of carbonyl (C=O) groups is 2. The number of morpholine rings is 1. The van der Waals surface area contributed by atoms with Crippen LogP contribution in [0, 0.1) is 5.92 Å². The second-order valence-corrected chi connectivity index (χ2v) is 5.18. The summed E-state index contributed by atoms with van der Waals surface area (Å²) in [5, 5.41) is 0. The van der Waals surface area contributed by atoms with Crippen LogP contribution in [0.1, 0.15) is 11.6 Å². The van der Waals surface area contributed by atoms with Crippen molar-refractivity contribution in [2.45, 2.75) is 6.04 Å². The Bertz CT molecular complexity index is 483. The maximum absolute atomic E-state index is 12.2. The van der Waals surface area contributed by atoms with Gasteiger partial charge in [-0.2, -0.15) is 0 Å². The quantitative estimate of drug-likeness (QED) is 0.592. The molecule has 1 aromatic carbocycles. The number of quaternary nitrogens is 1. The highest BCUT2D eigenvalue weighted by atomic mass is 16.5. The number of esters is 2. The molecule has 1 aliphatic rings. The lowest BCUT2D eigenvalue weighted by molar-refractivity contribution is -0.941. The summed E-state index contributed by atoms with van der Waals surface area (Å²) < 4.78 is 15.1. The smallest absolute Gasteiger partial charge is 0.326 e. The van der Waals surface area contributed by atoms with Crippen molar-refractivity contribution in [3.8, 4) is 0 Å². The summed E-state index contributed by atoms with van der Waals surface area (Å²) in [5.74, 6) is -2.12. The first-order chi connectivity index (χ1) is 10.7. The molecule has 0 aliphatic carbocycles. The minimum Gasteiger partial charge on any atom is -0.468 e. The molecule has 1 heterocycles. The Balaban J connectivity index is 2.40. The van der Waals surface area contributed by atoms with Gasteiger partial charge in [0.25, 0.3) is 0 Å². The molecule has 120 valence electrons. The van der Waals surface area contributed by atoms with E-state index in [1.54, 1.807) is 0 Å². The number of rotatable bonds is 5. The van der Waals surface area contributed by atoms with Gasteiger partial charge in [0.1, 0.15) is 19.1 Å². The predicted octanol–water partition coefficient (Wildman–Crippen LogP) is -0.395. The summed E-state index contributed by atoms with van der Waals surface area (Å²) in [7, 11) is 2.57. The molecule has 1 aromatic rings. The van der Waals surface area contributed by atoms with Crippen molar-refractivity contribution in [1.82, 2.24) is 0 Å². The Hall–Kier alpha value is -1.92. The average molecular weight is 308 g/mol. The van der Waals surface area contributed by atoms with Crippen LogP contribution in [0.3, 0.4) is 0 Å². The Labute approximate surface area is 129 Å². The summed E-state index contributed by atoms with van der Waals surface area (Å²) >= 11 is 0. The van der Waals surface area contributed by atoms with E-state index in [0.29, 0.717) is 13.2 Å². The molecule has 0 unspecified atom stereocenters. The zero-order valence-corrected chi connectivity index (χ0v) is 12.9. The molecular weight excluding hydrogens is 286 g/mol. The van der Waals surface area contributed by atoms with Gasteiger partial charge in [-0.25, -0.2) is 0 Å². The first-order valence-electron chi connectivity index (χ1n) is 7.32. The van der Waals surface area contributed by atoms with Gasteiger partial charge in [0.05, 0.1) is 27.4 Å². The van der Waals surface area contributed by atoms with Gasteiger partial charge < -0.3 is 19.1 Å². The van der Waals surface area contributed by atoms with Crippen molar-refractivity contribution in [3.63, 3.8) is 0 Å². The number of hydrogen-bond acceptors (Lipinski definition) is 5. The highest BCUT2D eigenvalue weighted by molar-refractivity contribution is 5.95. The molecule has 0 amide bonds. The van der Waals surface area contributed by atoms with E-state index in [0.717, 1.165) is 23.6 Å². The Morgan fingerprint density at radius 1 is 1.05 bits per heavy atom. The standard InChI is InChI=1S/C16H21NO5/c1-20-15(18)13(16(19)21-2)14(12-6-4-3-5-7-12)17-8-10-22-11-9-17/h3-7,13-14H,8-11H2,1-2H3/p+1/t14-/m1/s1. The molecule has 0 radical (unpaired) electrons. The maximum atomic E-state index is 12.2. The van der Waals surface area contributed by atoms with Crippen LogP contribution in [0.25, 0.3) is 0 Å². The zero-order valence-electron chi connectivity index (χ0n) is 12.9. The molecule has 1 N–H and O–H groups in total. The number of methoxy groups -OCH3 is 2. The van der Waals surface area contributed by atoms with Crippen LogP contribution >= 0.6 is 0 Å². The van der Waals surface area contributed by atoms with E-state index in [1.807, 2.05) is 30.3 Å². The molecule has 1 atom stereocenters. The summed E-state index contributed by atoms with van der Waals surface area (Å²) in [6, 6.07) is 9.20. The minimum absolute atomic E-state index is 0.343. The summed E-state index contributed by atoms with van der Waals surface area (Å²) in [6.45, 7) is 2.66. The van der Waals surface area contributed by atoms with Crippen LogP contribution in [0.5, 0.6) is 0 Å². The zero-order chi connectivity index (χ0) is 15.9. The molecular formula is C16H22NO5+. The molecule has 0 bridgehead atoms. The highest BCUT2D eigenvalue weighted by Crippen LogP contribution is 2.22. The molecule has 0 aromatic heterocycles. The van der Waals surface area contributed by atoms with Crippen LogP contribution in [0.2, 0.25) is 0 Å². The van der Waals surface area contributed by atoms with Crippen molar-refractivity contribution in [2.24, 2.45) is 5.92 Å². The Morgan fingerprint density at radius 3 is 2.09 bits per heavy atom. The van der Waals surface area contributed by atoms with E-state index in [2.05, 4.69) is 0 Å². The van der Waals surface area contributed by atoms with Gasteiger partial charge in [0.2, 0.25) is 5.92 Å². The average Bonchev–Trinajstić information content (AvgIpc) is 2.59. The van der Waals surface area contributed by atoms with Crippen molar-refractivity contribution < 1.29 is 28.7 Å². The maximum Gasteiger partial charge on any atom is 0.326 e. The topological polar surface area (TPSA) is 66.3 Å². The molecule has 0 spiro atoms. The summed E-state index contributed by atoms with van der Waals surface area (Å²) in [4.78, 5) is 25.5. The van der Waals surface area contributed by atoms with E-state index >= 15 is 0 Å². The molecule has 22 heavy (non-hydrogen) atoms. The first kappa shape index (κ1) is 16.5. The van der Waals surface area contributed by atoms with Gasteiger partial charge in [0.15, 0.2) is 0 Å². The van der Waals surface area contributed by atoms with Crippen molar-refractivity contribution in [3.05, 3.63) is 35.9 Å². The number of hydrogen-bond donors (Lipinski definition) is 1. The van der Waals surface area contributed by atoms with Crippen molar-refractivity contribution in [2.75, 3.05) is 40.5 Å². The van der Waals surface area contributed by atoms with E-state index < -0.39 is 17.9 Å². The first-order valence-corrected chi connectivity index (χ1v) is 7.32. The molecule has 6 heteroatoms. The van der Waals surface area contributed by atoms with E-state index in [1.165, 1.54) is 14.2 Å². The van der Waals surface area contributed by atoms with Crippen molar-refractivity contribution in [1.29, 1.82) is 0 Å². The van der Waals surface area contributed by atoms with Gasteiger partial charge in [0, 0.05) is 5.56 Å². The molecule has 0 saturated carbocycles. The van der Waals surface area contributed by atoms with Crippen LogP contribution in [0.4, 0.5) is 0 Å². The fraction of sp³-hybridized carbons (Fsp3) is 0.500. The largest absolute Gasteiger partial charge is 0.468 e. The third kappa shape index (κ3) is 3.64. The normalized spacial score (nSPS) is 17.0. The fourth-order valence-electron chi connectivity index (χ4n) is 2.89. The van der Waals surface area contributed by atoms with Gasteiger partial charge in [-0.15, -0.1) is 0 Å². The SMILES string of the molecule is COC(=O)C(C(=O)OC)[C@@H](c1ccccc1)[NH+]1CCOCC1. The third-order valence-electron chi connectivity index (χ3n) is 3.98. The second kappa shape index (κ2) is 7.91. The highest BCUT2D eigenvalue weighted by Gasteiger charge is 2.44. The van der Waals surface area contributed by atoms with E-state index in [-0.39, 0.29) is 6.04 Å². The molecule has 1 aliphatic heterocycles. The lowest BCUT2D eigenvalue weighted by Gasteiger charge is -2.34. The fourth-order valence-corrected chi connectivity index (χ4v) is 2.89. The molecule has 1 fully saturated rings. The van der Waals surface area contributed by atoms with Crippen LogP contribution in [-0.4, -0.2) is 52.5 Å². The second-order valence-electron chi connectivity index (χ2n) is 5.18. The summed E-state index contributed by atoms with van der Waals surface area (Å²) in [5.41, 5.74) is 0.917. The Morgan fingerprint density at radius 2 is 1.59 bits per heavy atom. The third-order valence-corrected chi connectivity index (χ3v) is 3.98. The van der Waals surface area contributed by atoms with Gasteiger partial charge in [-0.05, 0) is 0 Å². The van der Waals surface area contributed by atoms with Crippen LogP contribution in [0.15, 0.2) is 30.3 Å². The van der Waals surface area contributed by atoms with Crippen LogP contribution < -0.4 is 4.90 Å². The molecule has 1 saturated heterocycles. The van der Waals surface area contributed by atoms with Crippen LogP contribution in [-0.2, 0) is 23.8 Å². The summed E-state index contributed by atoms with van der Waals surface area (Å²) in [6.07, 6.45) is 0. The number of ether oxygens (including phenoxy) is 3. The lowest BCUT2D eigenvalue weighted by Crippen LogP contribution is -3.15. The Kier molecular flexibility index (Phi) is 5.91. The van der Waals surface area contributed by atoms with Gasteiger partial charge >= 0.3 is 11.9 Å². The van der Waals surface area contributed by atoms with E-state index in [9.17, 15) is 9.59 Å². The number of nitrogens with one attached hydrogen (secondary N) is 1. The lowest BCUT2D eigenvalue weighted by atomic mass is 9.91. The molecule has 2 rings (SSSR count). The van der Waals surface area contributed by atoms with E-state index in [4.69, 9.17) is 14.2 Å². The predicted molar refractivity (Wildman–Crippen MR) is 78.2 cm³/mol. The number of benzene rings is 1. The minimum atomic E-state index is -0.981.